The molecule has 1 N–H and O–H groups in total. The maximum Gasteiger partial charge on any atom is 0.348 e. The third-order valence-corrected chi connectivity index (χ3v) is 4.91. The molecule has 3 aromatic heterocycles. The van der Waals surface area contributed by atoms with E-state index in [9.17, 15) is 9.59 Å². The summed E-state index contributed by atoms with van der Waals surface area (Å²) in [5.74, 6) is 0.315. The van der Waals surface area contributed by atoms with Gasteiger partial charge in [0.05, 0.1) is 11.1 Å². The summed E-state index contributed by atoms with van der Waals surface area (Å²) >= 11 is 1.37. The number of nitrogens with zero attached hydrogens (tertiary/aromatic N) is 3. The van der Waals surface area contributed by atoms with E-state index in [1.807, 2.05) is 36.0 Å². The van der Waals surface area contributed by atoms with Gasteiger partial charge in [0.15, 0.2) is 0 Å². The molecule has 7 nitrogen and oxygen atoms in total. The summed E-state index contributed by atoms with van der Waals surface area (Å²) in [6.07, 6.45) is 5.14. The van der Waals surface area contributed by atoms with E-state index in [1.165, 1.54) is 17.5 Å². The molecule has 140 valence electrons. The predicted octanol–water partition coefficient (Wildman–Crippen LogP) is 3.74. The maximum atomic E-state index is 12.6. The Morgan fingerprint density at radius 1 is 1.07 bits per heavy atom. The molecule has 3 heterocycles. The van der Waals surface area contributed by atoms with Crippen molar-refractivity contribution < 1.29 is 14.3 Å². The first-order valence-electron chi connectivity index (χ1n) is 8.44. The van der Waals surface area contributed by atoms with Crippen LogP contribution in [-0.4, -0.2) is 26.2 Å². The van der Waals surface area contributed by atoms with Crippen LogP contribution in [0.3, 0.4) is 0 Å². The molecule has 0 aliphatic carbocycles. The normalized spacial score (nSPS) is 10.6. The number of carbonyl (C=O) groups is 2. The fourth-order valence-electron chi connectivity index (χ4n) is 2.73. The molecule has 0 saturated carbocycles. The van der Waals surface area contributed by atoms with E-state index in [0.717, 1.165) is 0 Å². The number of hydrogen-bond donors (Lipinski definition) is 1. The third-order valence-electron chi connectivity index (χ3n) is 4.04. The van der Waals surface area contributed by atoms with Crippen molar-refractivity contribution in [1.82, 2.24) is 14.3 Å². The topological polar surface area (TPSA) is 78.2 Å². The second-order valence-corrected chi connectivity index (χ2v) is 6.89. The highest BCUT2D eigenvalue weighted by molar-refractivity contribution is 7.12. The number of benzene rings is 1. The number of esters is 1. The lowest BCUT2D eigenvalue weighted by atomic mass is 10.3. The summed E-state index contributed by atoms with van der Waals surface area (Å²) in [6, 6.07) is 13.9. The molecule has 8 heteroatoms. The first-order chi connectivity index (χ1) is 13.6. The predicted molar refractivity (Wildman–Crippen MR) is 106 cm³/mol. The van der Waals surface area contributed by atoms with Gasteiger partial charge in [-0.05, 0) is 47.8 Å². The Kier molecular flexibility index (Phi) is 4.77. The average molecular weight is 392 g/mol. The van der Waals surface area contributed by atoms with Gasteiger partial charge in [-0.25, -0.2) is 4.79 Å². The zero-order valence-electron chi connectivity index (χ0n) is 14.9. The second kappa shape index (κ2) is 7.53. The molecule has 1 amide bonds. The van der Waals surface area contributed by atoms with Crippen molar-refractivity contribution in [3.8, 4) is 11.6 Å². The van der Waals surface area contributed by atoms with Gasteiger partial charge >= 0.3 is 5.97 Å². The summed E-state index contributed by atoms with van der Waals surface area (Å²) in [5, 5.41) is 8.80. The smallest absolute Gasteiger partial charge is 0.348 e. The largest absolute Gasteiger partial charge is 0.423 e. The van der Waals surface area contributed by atoms with Crippen molar-refractivity contribution >= 4 is 28.9 Å². The Hall–Kier alpha value is -3.65. The molecule has 0 bridgehead atoms. The zero-order valence-corrected chi connectivity index (χ0v) is 15.7. The number of aryl methyl sites for hydroxylation is 1. The van der Waals surface area contributed by atoms with E-state index >= 15 is 0 Å². The highest BCUT2D eigenvalue weighted by Crippen LogP contribution is 2.21. The Morgan fingerprint density at radius 2 is 1.82 bits per heavy atom. The highest BCUT2D eigenvalue weighted by atomic mass is 32.1. The molecule has 0 aliphatic heterocycles. The molecule has 28 heavy (non-hydrogen) atoms. The van der Waals surface area contributed by atoms with Crippen LogP contribution in [0.15, 0.2) is 72.5 Å². The molecule has 4 rings (SSSR count). The summed E-state index contributed by atoms with van der Waals surface area (Å²) in [7, 11) is 1.76. The molecule has 0 aliphatic rings. The Labute approximate surface area is 164 Å². The first-order valence-corrected chi connectivity index (χ1v) is 9.32. The van der Waals surface area contributed by atoms with Crippen LogP contribution in [0.25, 0.3) is 5.82 Å². The summed E-state index contributed by atoms with van der Waals surface area (Å²) in [4.78, 5) is 25.3. The number of aromatic nitrogens is 3. The molecule has 0 spiro atoms. The van der Waals surface area contributed by atoms with Crippen LogP contribution in [0.2, 0.25) is 0 Å². The van der Waals surface area contributed by atoms with Crippen LogP contribution in [0, 0.1) is 0 Å². The van der Waals surface area contributed by atoms with Crippen LogP contribution >= 0.6 is 11.3 Å². The second-order valence-electron chi connectivity index (χ2n) is 5.94. The summed E-state index contributed by atoms with van der Waals surface area (Å²) in [5.41, 5.74) is 0.974. The minimum atomic E-state index is -0.507. The van der Waals surface area contributed by atoms with E-state index in [-0.39, 0.29) is 5.91 Å². The maximum absolute atomic E-state index is 12.6. The van der Waals surface area contributed by atoms with Gasteiger partial charge in [-0.1, -0.05) is 6.07 Å². The Balaban J connectivity index is 1.47. The molecular weight excluding hydrogens is 376 g/mol. The van der Waals surface area contributed by atoms with Crippen molar-refractivity contribution in [3.63, 3.8) is 0 Å². The van der Waals surface area contributed by atoms with Crippen molar-refractivity contribution in [2.75, 3.05) is 5.32 Å². The number of ether oxygens (including phenoxy) is 1. The van der Waals surface area contributed by atoms with Gasteiger partial charge < -0.3 is 14.6 Å². The van der Waals surface area contributed by atoms with Gasteiger partial charge in [0.1, 0.15) is 17.1 Å². The SMILES string of the molecule is Cn1ncc(C(=O)Oc2ccc(NC(=O)c3cccs3)cc2)c1-n1cccc1. The summed E-state index contributed by atoms with van der Waals surface area (Å²) < 4.78 is 8.88. The van der Waals surface area contributed by atoms with Gasteiger partial charge in [0.25, 0.3) is 5.91 Å². The lowest BCUT2D eigenvalue weighted by Gasteiger charge is -2.08. The Bertz CT molecular complexity index is 1100. The van der Waals surface area contributed by atoms with Gasteiger partial charge in [-0.15, -0.1) is 11.3 Å². The molecule has 0 atom stereocenters. The minimum absolute atomic E-state index is 0.175. The number of anilines is 1. The summed E-state index contributed by atoms with van der Waals surface area (Å²) in [6.45, 7) is 0. The monoisotopic (exact) mass is 392 g/mol. The van der Waals surface area contributed by atoms with Gasteiger partial charge in [0.2, 0.25) is 0 Å². The van der Waals surface area contributed by atoms with E-state index in [1.54, 1.807) is 46.6 Å². The van der Waals surface area contributed by atoms with Gasteiger partial charge in [0, 0.05) is 25.1 Å². The number of hydrogen-bond acceptors (Lipinski definition) is 5. The minimum Gasteiger partial charge on any atom is -0.423 e. The third kappa shape index (κ3) is 3.58. The van der Waals surface area contributed by atoms with E-state index < -0.39 is 5.97 Å². The van der Waals surface area contributed by atoms with E-state index in [4.69, 9.17) is 4.74 Å². The van der Waals surface area contributed by atoms with Crippen molar-refractivity contribution in [1.29, 1.82) is 0 Å². The highest BCUT2D eigenvalue weighted by Gasteiger charge is 2.19. The molecule has 0 radical (unpaired) electrons. The number of amides is 1. The van der Waals surface area contributed by atoms with Crippen LogP contribution in [0.4, 0.5) is 5.69 Å². The molecule has 0 saturated heterocycles. The van der Waals surface area contributed by atoms with Crippen molar-refractivity contribution in [2.45, 2.75) is 0 Å². The molecular formula is C20H16N4O3S. The van der Waals surface area contributed by atoms with Gasteiger partial charge in [-0.2, -0.15) is 5.10 Å². The van der Waals surface area contributed by atoms with Crippen LogP contribution in [0.1, 0.15) is 20.0 Å². The van der Waals surface area contributed by atoms with Crippen molar-refractivity contribution in [2.24, 2.45) is 7.05 Å². The number of thiophene rings is 1. The average Bonchev–Trinajstić information content (AvgIpc) is 3.44. The zero-order chi connectivity index (χ0) is 19.5. The van der Waals surface area contributed by atoms with E-state index in [0.29, 0.717) is 27.7 Å². The standard InChI is InChI=1S/C20H16N4O3S/c1-23-19(24-10-2-3-11-24)16(13-21-23)20(26)27-15-8-6-14(7-9-15)22-18(25)17-5-4-12-28-17/h2-13H,1H3,(H,22,25). The van der Waals surface area contributed by atoms with Crippen LogP contribution < -0.4 is 10.1 Å². The fourth-order valence-corrected chi connectivity index (χ4v) is 3.34. The first kappa shape index (κ1) is 17.7. The molecule has 1 aromatic carbocycles. The number of carbonyl (C=O) groups excluding carboxylic acids is 2. The lowest BCUT2D eigenvalue weighted by Crippen LogP contribution is -2.13. The quantitative estimate of drug-likeness (QED) is 0.415. The molecule has 0 unspecified atom stereocenters. The number of rotatable bonds is 5. The van der Waals surface area contributed by atoms with E-state index in [2.05, 4.69) is 10.4 Å². The van der Waals surface area contributed by atoms with Crippen LogP contribution in [-0.2, 0) is 7.05 Å². The molecule has 0 fully saturated rings. The van der Waals surface area contributed by atoms with Crippen molar-refractivity contribution in [3.05, 3.63) is 82.9 Å². The van der Waals surface area contributed by atoms with Gasteiger partial charge in [-0.3, -0.25) is 9.48 Å². The van der Waals surface area contributed by atoms with Crippen LogP contribution in [0.5, 0.6) is 5.75 Å². The Morgan fingerprint density at radius 3 is 2.50 bits per heavy atom. The molecule has 4 aromatic rings. The number of nitrogens with one attached hydrogen (secondary N) is 1. The lowest BCUT2D eigenvalue weighted by molar-refractivity contribution is 0.0734. The fraction of sp³-hybridized carbons (Fsp3) is 0.0500.